The highest BCUT2D eigenvalue weighted by atomic mass is 16.5. The number of rotatable bonds is 5. The number of morpholine rings is 1. The predicted octanol–water partition coefficient (Wildman–Crippen LogP) is 3.46. The highest BCUT2D eigenvalue weighted by Gasteiger charge is 2.16. The molecule has 1 aliphatic heterocycles. The van der Waals surface area contributed by atoms with E-state index in [2.05, 4.69) is 51.4 Å². The SMILES string of the molecule is CC1CN(Cc2cccc(CNc3ncnc4ccccc34)c2)CCO1. The Kier molecular flexibility index (Phi) is 5.09. The van der Waals surface area contributed by atoms with Crippen LogP contribution < -0.4 is 5.32 Å². The van der Waals surface area contributed by atoms with Crippen LogP contribution in [-0.2, 0) is 17.8 Å². The minimum absolute atomic E-state index is 0.319. The van der Waals surface area contributed by atoms with Crippen LogP contribution in [0.1, 0.15) is 18.1 Å². The van der Waals surface area contributed by atoms with E-state index in [1.807, 2.05) is 24.3 Å². The van der Waals surface area contributed by atoms with E-state index >= 15 is 0 Å². The van der Waals surface area contributed by atoms with Crippen LogP contribution in [0.4, 0.5) is 5.82 Å². The Morgan fingerprint density at radius 3 is 2.92 bits per heavy atom. The van der Waals surface area contributed by atoms with Crippen LogP contribution in [-0.4, -0.2) is 40.7 Å². The van der Waals surface area contributed by atoms with Gasteiger partial charge in [-0.05, 0) is 30.2 Å². The van der Waals surface area contributed by atoms with Crippen molar-refractivity contribution in [2.75, 3.05) is 25.0 Å². The first-order valence-electron chi connectivity index (χ1n) is 9.13. The van der Waals surface area contributed by atoms with Gasteiger partial charge in [0, 0.05) is 31.6 Å². The summed E-state index contributed by atoms with van der Waals surface area (Å²) in [6, 6.07) is 16.8. The number of para-hydroxylation sites is 1. The molecule has 5 nitrogen and oxygen atoms in total. The molecule has 1 fully saturated rings. The van der Waals surface area contributed by atoms with Crippen LogP contribution in [0.15, 0.2) is 54.9 Å². The first kappa shape index (κ1) is 16.9. The van der Waals surface area contributed by atoms with Crippen LogP contribution in [0, 0.1) is 0 Å². The fourth-order valence-corrected chi connectivity index (χ4v) is 3.46. The second-order valence-electron chi connectivity index (χ2n) is 6.83. The average molecular weight is 348 g/mol. The van der Waals surface area contributed by atoms with E-state index in [-0.39, 0.29) is 0 Å². The third kappa shape index (κ3) is 4.00. The third-order valence-electron chi connectivity index (χ3n) is 4.73. The van der Waals surface area contributed by atoms with Crippen LogP contribution in [0.5, 0.6) is 0 Å². The molecule has 0 amide bonds. The molecule has 1 unspecified atom stereocenters. The smallest absolute Gasteiger partial charge is 0.137 e. The van der Waals surface area contributed by atoms with Crippen LogP contribution in [0.2, 0.25) is 0 Å². The Balaban J connectivity index is 1.43. The van der Waals surface area contributed by atoms with E-state index in [0.29, 0.717) is 6.10 Å². The lowest BCUT2D eigenvalue weighted by molar-refractivity contribution is -0.0212. The molecule has 0 saturated carbocycles. The van der Waals surface area contributed by atoms with E-state index in [0.717, 1.165) is 49.5 Å². The van der Waals surface area contributed by atoms with Crippen molar-refractivity contribution in [1.29, 1.82) is 0 Å². The van der Waals surface area contributed by atoms with Gasteiger partial charge >= 0.3 is 0 Å². The number of ether oxygens (including phenoxy) is 1. The van der Waals surface area contributed by atoms with E-state index in [4.69, 9.17) is 4.74 Å². The third-order valence-corrected chi connectivity index (χ3v) is 4.73. The summed E-state index contributed by atoms with van der Waals surface area (Å²) in [5, 5.41) is 4.51. The van der Waals surface area contributed by atoms with Gasteiger partial charge in [-0.15, -0.1) is 0 Å². The Morgan fingerprint density at radius 1 is 1.12 bits per heavy atom. The number of fused-ring (bicyclic) bond motifs is 1. The number of benzene rings is 2. The normalized spacial score (nSPS) is 18.1. The molecule has 0 spiro atoms. The maximum atomic E-state index is 5.63. The molecule has 0 aliphatic carbocycles. The lowest BCUT2D eigenvalue weighted by Crippen LogP contribution is -2.40. The van der Waals surface area contributed by atoms with Crippen molar-refractivity contribution in [3.8, 4) is 0 Å². The van der Waals surface area contributed by atoms with Gasteiger partial charge in [0.25, 0.3) is 0 Å². The number of aromatic nitrogens is 2. The van der Waals surface area contributed by atoms with Crippen molar-refractivity contribution in [2.45, 2.75) is 26.1 Å². The quantitative estimate of drug-likeness (QED) is 0.765. The standard InChI is InChI=1S/C21H24N4O/c1-16-13-25(9-10-26-16)14-18-6-4-5-17(11-18)12-22-21-19-7-2-3-8-20(19)23-15-24-21/h2-8,11,15-16H,9-10,12-14H2,1H3,(H,22,23,24). The van der Waals surface area contributed by atoms with Crippen molar-refractivity contribution >= 4 is 16.7 Å². The van der Waals surface area contributed by atoms with Crippen molar-refractivity contribution in [3.63, 3.8) is 0 Å². The summed E-state index contributed by atoms with van der Waals surface area (Å²) < 4.78 is 5.63. The summed E-state index contributed by atoms with van der Waals surface area (Å²) in [5.74, 6) is 0.878. The van der Waals surface area contributed by atoms with E-state index in [1.165, 1.54) is 11.1 Å². The Hall–Kier alpha value is -2.50. The van der Waals surface area contributed by atoms with Crippen molar-refractivity contribution in [3.05, 3.63) is 66.0 Å². The number of anilines is 1. The maximum absolute atomic E-state index is 5.63. The molecule has 0 radical (unpaired) electrons. The van der Waals surface area contributed by atoms with Gasteiger partial charge < -0.3 is 10.1 Å². The molecule has 4 rings (SSSR count). The van der Waals surface area contributed by atoms with Gasteiger partial charge in [0.15, 0.2) is 0 Å². The monoisotopic (exact) mass is 348 g/mol. The Morgan fingerprint density at radius 2 is 2.00 bits per heavy atom. The molecular formula is C21H24N4O. The molecule has 1 aliphatic rings. The second kappa shape index (κ2) is 7.81. The molecule has 1 aromatic heterocycles. The highest BCUT2D eigenvalue weighted by molar-refractivity contribution is 5.88. The molecule has 134 valence electrons. The van der Waals surface area contributed by atoms with Crippen molar-refractivity contribution < 1.29 is 4.74 Å². The lowest BCUT2D eigenvalue weighted by Gasteiger charge is -2.31. The summed E-state index contributed by atoms with van der Waals surface area (Å²) in [6.45, 7) is 6.67. The summed E-state index contributed by atoms with van der Waals surface area (Å²) in [5.41, 5.74) is 3.55. The minimum atomic E-state index is 0.319. The van der Waals surface area contributed by atoms with Gasteiger partial charge in [-0.25, -0.2) is 9.97 Å². The molecule has 2 heterocycles. The largest absolute Gasteiger partial charge is 0.376 e. The maximum Gasteiger partial charge on any atom is 0.137 e. The van der Waals surface area contributed by atoms with Crippen LogP contribution in [0.25, 0.3) is 10.9 Å². The fourth-order valence-electron chi connectivity index (χ4n) is 3.46. The molecule has 5 heteroatoms. The fraction of sp³-hybridized carbons (Fsp3) is 0.333. The molecule has 26 heavy (non-hydrogen) atoms. The molecule has 1 atom stereocenters. The minimum Gasteiger partial charge on any atom is -0.376 e. The molecule has 3 aromatic rings. The van der Waals surface area contributed by atoms with E-state index in [9.17, 15) is 0 Å². The molecule has 1 N–H and O–H groups in total. The van der Waals surface area contributed by atoms with Gasteiger partial charge in [-0.3, -0.25) is 4.90 Å². The van der Waals surface area contributed by atoms with Crippen molar-refractivity contribution in [2.24, 2.45) is 0 Å². The molecular weight excluding hydrogens is 324 g/mol. The molecule has 2 aromatic carbocycles. The zero-order valence-corrected chi connectivity index (χ0v) is 15.1. The second-order valence-corrected chi connectivity index (χ2v) is 6.83. The van der Waals surface area contributed by atoms with Crippen molar-refractivity contribution in [1.82, 2.24) is 14.9 Å². The van der Waals surface area contributed by atoms with Crippen LogP contribution in [0.3, 0.4) is 0 Å². The Labute approximate surface area is 154 Å². The number of nitrogens with zero attached hydrogens (tertiary/aromatic N) is 3. The summed E-state index contributed by atoms with van der Waals surface area (Å²) >= 11 is 0. The number of hydrogen-bond donors (Lipinski definition) is 1. The van der Waals surface area contributed by atoms with Gasteiger partial charge in [0.05, 0.1) is 18.2 Å². The average Bonchev–Trinajstić information content (AvgIpc) is 2.67. The van der Waals surface area contributed by atoms with E-state index in [1.54, 1.807) is 6.33 Å². The summed E-state index contributed by atoms with van der Waals surface area (Å²) in [7, 11) is 0. The predicted molar refractivity (Wildman–Crippen MR) is 104 cm³/mol. The number of nitrogens with one attached hydrogen (secondary N) is 1. The molecule has 1 saturated heterocycles. The van der Waals surface area contributed by atoms with Crippen LogP contribution >= 0.6 is 0 Å². The first-order valence-corrected chi connectivity index (χ1v) is 9.13. The number of hydrogen-bond acceptors (Lipinski definition) is 5. The highest BCUT2D eigenvalue weighted by Crippen LogP contribution is 2.19. The zero-order valence-electron chi connectivity index (χ0n) is 15.1. The van der Waals surface area contributed by atoms with Gasteiger partial charge in [0.2, 0.25) is 0 Å². The summed E-state index contributed by atoms with van der Waals surface area (Å²) in [4.78, 5) is 11.2. The van der Waals surface area contributed by atoms with Gasteiger partial charge in [-0.1, -0.05) is 36.4 Å². The van der Waals surface area contributed by atoms with Gasteiger partial charge in [-0.2, -0.15) is 0 Å². The first-order chi connectivity index (χ1) is 12.8. The molecule has 0 bridgehead atoms. The summed E-state index contributed by atoms with van der Waals surface area (Å²) in [6.07, 6.45) is 1.93. The van der Waals surface area contributed by atoms with E-state index < -0.39 is 0 Å². The lowest BCUT2D eigenvalue weighted by atomic mass is 10.1. The Bertz CT molecular complexity index is 877. The topological polar surface area (TPSA) is 50.3 Å². The van der Waals surface area contributed by atoms with Gasteiger partial charge in [0.1, 0.15) is 12.1 Å². The zero-order chi connectivity index (χ0) is 17.8.